The molecule has 8 heteroatoms. The summed E-state index contributed by atoms with van der Waals surface area (Å²) in [7, 11) is 4.91. The summed E-state index contributed by atoms with van der Waals surface area (Å²) in [5.41, 5.74) is 4.27. The zero-order chi connectivity index (χ0) is 22.1. The van der Waals surface area contributed by atoms with Gasteiger partial charge < -0.3 is 24.3 Å². The Morgan fingerprint density at radius 2 is 1.75 bits per heavy atom. The lowest BCUT2D eigenvalue weighted by molar-refractivity contribution is 0.0210. The molecule has 1 aliphatic rings. The third kappa shape index (κ3) is 3.48. The second kappa shape index (κ2) is 8.39. The number of hydrogen-bond donors (Lipinski definition) is 1. The highest BCUT2D eigenvalue weighted by Crippen LogP contribution is 2.35. The van der Waals surface area contributed by atoms with Gasteiger partial charge in [-0.3, -0.25) is 4.40 Å². The average Bonchev–Trinajstić information content (AvgIpc) is 3.24. The van der Waals surface area contributed by atoms with Gasteiger partial charge in [-0.2, -0.15) is 0 Å². The van der Waals surface area contributed by atoms with Crippen molar-refractivity contribution in [1.82, 2.24) is 14.4 Å². The van der Waals surface area contributed by atoms with Gasteiger partial charge in [0.1, 0.15) is 5.75 Å². The highest BCUT2D eigenvalue weighted by molar-refractivity contribution is 5.77. The predicted octanol–water partition coefficient (Wildman–Crippen LogP) is 3.90. The zero-order valence-electron chi connectivity index (χ0n) is 18.2. The van der Waals surface area contributed by atoms with Gasteiger partial charge in [0, 0.05) is 17.3 Å². The molecule has 32 heavy (non-hydrogen) atoms. The Kier molecular flexibility index (Phi) is 5.28. The minimum Gasteiger partial charge on any atom is -0.496 e. The molecular formula is C24H24N4O4. The van der Waals surface area contributed by atoms with Gasteiger partial charge in [-0.15, -0.1) is 0 Å². The van der Waals surface area contributed by atoms with Crippen molar-refractivity contribution < 1.29 is 18.9 Å². The van der Waals surface area contributed by atoms with Crippen molar-refractivity contribution in [3.05, 3.63) is 54.9 Å². The van der Waals surface area contributed by atoms with Crippen molar-refractivity contribution in [1.29, 1.82) is 0 Å². The van der Waals surface area contributed by atoms with E-state index in [1.807, 2.05) is 59.3 Å². The van der Waals surface area contributed by atoms with E-state index in [0.29, 0.717) is 30.5 Å². The maximum Gasteiger partial charge on any atom is 0.180 e. The fraction of sp³-hybridized carbons (Fsp3) is 0.250. The van der Waals surface area contributed by atoms with Crippen LogP contribution in [0.3, 0.4) is 0 Å². The monoisotopic (exact) mass is 432 g/mol. The SMILES string of the molecule is COc1ccc(-c2cnc3c(NC4COC4)nc(-c4ccccc4OC)cn23)cc1OC. The summed E-state index contributed by atoms with van der Waals surface area (Å²) in [6.45, 7) is 1.30. The minimum absolute atomic E-state index is 0.209. The van der Waals surface area contributed by atoms with Crippen LogP contribution in [-0.4, -0.2) is 55.0 Å². The quantitative estimate of drug-likeness (QED) is 0.474. The molecule has 0 saturated carbocycles. The maximum absolute atomic E-state index is 5.58. The number of ether oxygens (including phenoxy) is 4. The summed E-state index contributed by atoms with van der Waals surface area (Å²) in [6.07, 6.45) is 3.82. The highest BCUT2D eigenvalue weighted by Gasteiger charge is 2.22. The molecule has 0 unspecified atom stereocenters. The molecule has 0 amide bonds. The summed E-state index contributed by atoms with van der Waals surface area (Å²) in [6, 6.07) is 13.9. The Balaban J connectivity index is 1.69. The fourth-order valence-electron chi connectivity index (χ4n) is 3.79. The molecule has 2 aromatic carbocycles. The van der Waals surface area contributed by atoms with Crippen molar-refractivity contribution in [3.8, 4) is 39.8 Å². The van der Waals surface area contributed by atoms with E-state index >= 15 is 0 Å². The van der Waals surface area contributed by atoms with Crippen molar-refractivity contribution in [3.63, 3.8) is 0 Å². The normalized spacial score (nSPS) is 13.6. The standard InChI is InChI=1S/C24H24N4O4/c1-29-20-7-5-4-6-17(20)18-12-28-19(15-8-9-21(30-2)22(10-15)31-3)11-25-24(28)23(27-18)26-16-13-32-14-16/h4-12,16H,13-14H2,1-3H3,(H,26,27). The van der Waals surface area contributed by atoms with E-state index in [9.17, 15) is 0 Å². The third-order valence-electron chi connectivity index (χ3n) is 5.53. The van der Waals surface area contributed by atoms with Gasteiger partial charge in [-0.25, -0.2) is 9.97 Å². The molecule has 0 bridgehead atoms. The summed E-state index contributed by atoms with van der Waals surface area (Å²) in [4.78, 5) is 9.57. The number of methoxy groups -OCH3 is 3. The van der Waals surface area contributed by atoms with E-state index in [1.165, 1.54) is 0 Å². The molecule has 5 rings (SSSR count). The number of anilines is 1. The molecule has 0 radical (unpaired) electrons. The van der Waals surface area contributed by atoms with Crippen LogP contribution in [0.15, 0.2) is 54.9 Å². The molecule has 1 fully saturated rings. The molecular weight excluding hydrogens is 408 g/mol. The Morgan fingerprint density at radius 3 is 2.47 bits per heavy atom. The van der Waals surface area contributed by atoms with Crippen LogP contribution in [0.1, 0.15) is 0 Å². The molecule has 4 aromatic rings. The molecule has 0 aliphatic carbocycles. The Morgan fingerprint density at radius 1 is 0.969 bits per heavy atom. The number of hydrogen-bond acceptors (Lipinski definition) is 7. The molecule has 1 N–H and O–H groups in total. The molecule has 0 atom stereocenters. The van der Waals surface area contributed by atoms with Gasteiger partial charge >= 0.3 is 0 Å². The molecule has 1 saturated heterocycles. The van der Waals surface area contributed by atoms with Crippen LogP contribution < -0.4 is 19.5 Å². The summed E-state index contributed by atoms with van der Waals surface area (Å²) >= 11 is 0. The first-order chi connectivity index (χ1) is 15.7. The summed E-state index contributed by atoms with van der Waals surface area (Å²) in [5, 5.41) is 3.47. The number of aromatic nitrogens is 3. The van der Waals surface area contributed by atoms with Crippen LogP contribution in [-0.2, 0) is 4.74 Å². The van der Waals surface area contributed by atoms with E-state index in [4.69, 9.17) is 23.9 Å². The van der Waals surface area contributed by atoms with E-state index in [2.05, 4.69) is 10.3 Å². The molecule has 0 spiro atoms. The van der Waals surface area contributed by atoms with Crippen LogP contribution in [0, 0.1) is 0 Å². The summed E-state index contributed by atoms with van der Waals surface area (Å²) in [5.74, 6) is 2.79. The van der Waals surface area contributed by atoms with Gasteiger partial charge in [0.2, 0.25) is 0 Å². The first-order valence-corrected chi connectivity index (χ1v) is 10.3. The smallest absolute Gasteiger partial charge is 0.180 e. The van der Waals surface area contributed by atoms with Crippen molar-refractivity contribution in [2.45, 2.75) is 6.04 Å². The van der Waals surface area contributed by atoms with Gasteiger partial charge in [-0.1, -0.05) is 12.1 Å². The van der Waals surface area contributed by atoms with Crippen molar-refractivity contribution >= 4 is 11.5 Å². The number of benzene rings is 2. The first kappa shape index (κ1) is 20.1. The number of rotatable bonds is 7. The molecule has 1 aliphatic heterocycles. The second-order valence-corrected chi connectivity index (χ2v) is 7.46. The van der Waals surface area contributed by atoms with E-state index in [-0.39, 0.29) is 6.04 Å². The number of nitrogens with zero attached hydrogens (tertiary/aromatic N) is 3. The van der Waals surface area contributed by atoms with Crippen molar-refractivity contribution in [2.75, 3.05) is 39.9 Å². The Hall–Kier alpha value is -3.78. The van der Waals surface area contributed by atoms with Gasteiger partial charge in [0.25, 0.3) is 0 Å². The first-order valence-electron chi connectivity index (χ1n) is 10.3. The lowest BCUT2D eigenvalue weighted by Gasteiger charge is -2.27. The van der Waals surface area contributed by atoms with Gasteiger partial charge in [0.15, 0.2) is 23.0 Å². The van der Waals surface area contributed by atoms with E-state index < -0.39 is 0 Å². The highest BCUT2D eigenvalue weighted by atomic mass is 16.5. The average molecular weight is 432 g/mol. The van der Waals surface area contributed by atoms with Crippen LogP contribution in [0.2, 0.25) is 0 Å². The van der Waals surface area contributed by atoms with Crippen molar-refractivity contribution in [2.24, 2.45) is 0 Å². The maximum atomic E-state index is 5.58. The number of imidazole rings is 1. The van der Waals surface area contributed by atoms with Crippen LogP contribution in [0.5, 0.6) is 17.2 Å². The summed E-state index contributed by atoms with van der Waals surface area (Å²) < 4.78 is 23.8. The van der Waals surface area contributed by atoms with Crippen LogP contribution in [0.4, 0.5) is 5.82 Å². The van der Waals surface area contributed by atoms with Gasteiger partial charge in [-0.05, 0) is 30.3 Å². The lowest BCUT2D eigenvalue weighted by atomic mass is 10.1. The molecule has 2 aromatic heterocycles. The topological polar surface area (TPSA) is 79.1 Å². The second-order valence-electron chi connectivity index (χ2n) is 7.46. The third-order valence-corrected chi connectivity index (χ3v) is 5.53. The fourth-order valence-corrected chi connectivity index (χ4v) is 3.79. The molecule has 3 heterocycles. The van der Waals surface area contributed by atoms with E-state index in [0.717, 1.165) is 33.9 Å². The van der Waals surface area contributed by atoms with Crippen LogP contribution >= 0.6 is 0 Å². The largest absolute Gasteiger partial charge is 0.496 e. The lowest BCUT2D eigenvalue weighted by Crippen LogP contribution is -2.40. The minimum atomic E-state index is 0.209. The Labute approximate surface area is 185 Å². The zero-order valence-corrected chi connectivity index (χ0v) is 18.2. The predicted molar refractivity (Wildman–Crippen MR) is 122 cm³/mol. The van der Waals surface area contributed by atoms with Crippen LogP contribution in [0.25, 0.3) is 28.2 Å². The van der Waals surface area contributed by atoms with Gasteiger partial charge in [0.05, 0.1) is 58.2 Å². The number of para-hydroxylation sites is 1. The Bertz CT molecular complexity index is 1270. The number of nitrogens with one attached hydrogen (secondary N) is 1. The van der Waals surface area contributed by atoms with E-state index in [1.54, 1.807) is 21.3 Å². The molecule has 8 nitrogen and oxygen atoms in total. The number of fused-ring (bicyclic) bond motifs is 1. The molecule has 164 valence electrons.